The van der Waals surface area contributed by atoms with Crippen LogP contribution in [-0.4, -0.2) is 26.3 Å². The fourth-order valence-electron chi connectivity index (χ4n) is 2.05. The first-order valence-electron chi connectivity index (χ1n) is 6.34. The van der Waals surface area contributed by atoms with Gasteiger partial charge in [-0.05, 0) is 31.7 Å². The van der Waals surface area contributed by atoms with Crippen molar-refractivity contribution in [1.29, 1.82) is 0 Å². The van der Waals surface area contributed by atoms with Crippen LogP contribution in [0.2, 0.25) is 0 Å². The minimum Gasteiger partial charge on any atom is -0.409 e. The number of rotatable bonds is 4. The molecule has 106 valence electrons. The lowest BCUT2D eigenvalue weighted by Crippen LogP contribution is -2.18. The summed E-state index contributed by atoms with van der Waals surface area (Å²) in [6, 6.07) is 5.89. The second kappa shape index (κ2) is 6.00. The fraction of sp³-hybridized carbons (Fsp3) is 0.286. The summed E-state index contributed by atoms with van der Waals surface area (Å²) < 4.78 is 1.96. The van der Waals surface area contributed by atoms with E-state index in [2.05, 4.69) is 17.1 Å². The third-order valence-corrected chi connectivity index (χ3v) is 4.12. The summed E-state index contributed by atoms with van der Waals surface area (Å²) in [7, 11) is 0. The van der Waals surface area contributed by atoms with Gasteiger partial charge in [-0.3, -0.25) is 0 Å². The summed E-state index contributed by atoms with van der Waals surface area (Å²) in [5.74, 6) is 1.03. The molecule has 0 unspecified atom stereocenters. The summed E-state index contributed by atoms with van der Waals surface area (Å²) in [6.07, 6.45) is 1.76. The van der Waals surface area contributed by atoms with Crippen LogP contribution in [0.15, 0.2) is 34.6 Å². The summed E-state index contributed by atoms with van der Waals surface area (Å²) in [5, 5.41) is 12.2. The van der Waals surface area contributed by atoms with Crippen LogP contribution in [0.3, 0.4) is 0 Å². The Hall–Kier alpha value is -1.95. The maximum absolute atomic E-state index is 9.06. The van der Waals surface area contributed by atoms with Crippen molar-refractivity contribution in [1.82, 2.24) is 9.55 Å². The van der Waals surface area contributed by atoms with Gasteiger partial charge in [-0.15, -0.1) is 11.8 Å². The molecule has 0 atom stereocenters. The van der Waals surface area contributed by atoms with Crippen molar-refractivity contribution in [3.8, 4) is 5.69 Å². The average molecular weight is 290 g/mol. The van der Waals surface area contributed by atoms with Crippen molar-refractivity contribution in [3.05, 3.63) is 41.5 Å². The zero-order valence-electron chi connectivity index (χ0n) is 11.8. The first-order chi connectivity index (χ1) is 9.60. The highest BCUT2D eigenvalue weighted by molar-refractivity contribution is 7.99. The summed E-state index contributed by atoms with van der Waals surface area (Å²) >= 11 is 1.66. The molecule has 2 rings (SSSR count). The van der Waals surface area contributed by atoms with E-state index in [0.717, 1.165) is 33.3 Å². The Morgan fingerprint density at radius 2 is 2.20 bits per heavy atom. The third kappa shape index (κ3) is 2.51. The Morgan fingerprint density at radius 1 is 1.45 bits per heavy atom. The van der Waals surface area contributed by atoms with Gasteiger partial charge in [0.25, 0.3) is 0 Å². The minimum absolute atomic E-state index is 0.113. The summed E-state index contributed by atoms with van der Waals surface area (Å²) in [6.45, 7) is 6.03. The van der Waals surface area contributed by atoms with Crippen molar-refractivity contribution in [3.63, 3.8) is 0 Å². The molecule has 0 aliphatic heterocycles. The standard InChI is InChI=1S/C14H18N4OS/c1-4-20-12-7-5-6-11(13(12)14(15)17-19)18-8-16-9(2)10(18)3/h5-8,19H,4H2,1-3H3,(H2,15,17). The number of hydrogen-bond acceptors (Lipinski definition) is 4. The number of amidine groups is 1. The average Bonchev–Trinajstić information content (AvgIpc) is 2.78. The molecule has 1 aromatic carbocycles. The van der Waals surface area contributed by atoms with Crippen LogP contribution >= 0.6 is 11.8 Å². The number of oxime groups is 1. The lowest BCUT2D eigenvalue weighted by molar-refractivity contribution is 0.318. The van der Waals surface area contributed by atoms with Crippen LogP contribution in [0, 0.1) is 13.8 Å². The zero-order valence-corrected chi connectivity index (χ0v) is 12.6. The van der Waals surface area contributed by atoms with Gasteiger partial charge in [-0.25, -0.2) is 4.98 Å². The van der Waals surface area contributed by atoms with E-state index in [1.54, 1.807) is 18.1 Å². The number of benzene rings is 1. The molecular formula is C14H18N4OS. The van der Waals surface area contributed by atoms with Crippen molar-refractivity contribution in [2.24, 2.45) is 10.9 Å². The van der Waals surface area contributed by atoms with E-state index in [0.29, 0.717) is 0 Å². The number of imidazole rings is 1. The van der Waals surface area contributed by atoms with Crippen LogP contribution in [0.5, 0.6) is 0 Å². The molecular weight excluding hydrogens is 272 g/mol. The van der Waals surface area contributed by atoms with E-state index >= 15 is 0 Å². The molecule has 0 bridgehead atoms. The molecule has 0 aliphatic carbocycles. The fourth-order valence-corrected chi connectivity index (χ4v) is 2.88. The first-order valence-corrected chi connectivity index (χ1v) is 7.33. The topological polar surface area (TPSA) is 76.4 Å². The molecule has 3 N–H and O–H groups in total. The summed E-state index contributed by atoms with van der Waals surface area (Å²) in [4.78, 5) is 5.30. The van der Waals surface area contributed by atoms with Gasteiger partial charge < -0.3 is 15.5 Å². The molecule has 0 fully saturated rings. The SMILES string of the molecule is CCSc1cccc(-n2cnc(C)c2C)c1/C(N)=N/O. The van der Waals surface area contributed by atoms with Crippen molar-refractivity contribution in [2.45, 2.75) is 25.7 Å². The quantitative estimate of drug-likeness (QED) is 0.298. The number of hydrogen-bond donors (Lipinski definition) is 2. The predicted octanol–water partition coefficient (Wildman–Crippen LogP) is 2.70. The number of aromatic nitrogens is 2. The molecule has 20 heavy (non-hydrogen) atoms. The number of thioether (sulfide) groups is 1. The van der Waals surface area contributed by atoms with Crippen LogP contribution in [0.1, 0.15) is 23.9 Å². The van der Waals surface area contributed by atoms with E-state index in [-0.39, 0.29) is 5.84 Å². The van der Waals surface area contributed by atoms with E-state index in [9.17, 15) is 0 Å². The number of nitrogens with zero attached hydrogens (tertiary/aromatic N) is 3. The van der Waals surface area contributed by atoms with Gasteiger partial charge in [0.2, 0.25) is 0 Å². The Morgan fingerprint density at radius 3 is 2.75 bits per heavy atom. The van der Waals surface area contributed by atoms with Crippen LogP contribution < -0.4 is 5.73 Å². The highest BCUT2D eigenvalue weighted by Crippen LogP contribution is 2.28. The molecule has 2 aromatic rings. The van der Waals surface area contributed by atoms with E-state index < -0.39 is 0 Å². The summed E-state index contributed by atoms with van der Waals surface area (Å²) in [5.41, 5.74) is 9.48. The van der Waals surface area contributed by atoms with Crippen molar-refractivity contribution >= 4 is 17.6 Å². The predicted molar refractivity (Wildman–Crippen MR) is 81.9 cm³/mol. The van der Waals surface area contributed by atoms with Gasteiger partial charge in [0.1, 0.15) is 0 Å². The van der Waals surface area contributed by atoms with E-state index in [1.807, 2.05) is 36.6 Å². The highest BCUT2D eigenvalue weighted by Gasteiger charge is 2.16. The number of aryl methyl sites for hydroxylation is 1. The Labute approximate surface area is 122 Å². The van der Waals surface area contributed by atoms with Gasteiger partial charge >= 0.3 is 0 Å². The second-order valence-corrected chi connectivity index (χ2v) is 5.66. The Kier molecular flexibility index (Phi) is 4.34. The second-order valence-electron chi connectivity index (χ2n) is 4.35. The van der Waals surface area contributed by atoms with Gasteiger partial charge in [-0.1, -0.05) is 18.1 Å². The monoisotopic (exact) mass is 290 g/mol. The van der Waals surface area contributed by atoms with Crippen molar-refractivity contribution < 1.29 is 5.21 Å². The smallest absolute Gasteiger partial charge is 0.173 e. The van der Waals surface area contributed by atoms with Crippen LogP contribution in [-0.2, 0) is 0 Å². The first kappa shape index (κ1) is 14.5. The van der Waals surface area contributed by atoms with Crippen LogP contribution in [0.4, 0.5) is 0 Å². The zero-order chi connectivity index (χ0) is 14.7. The molecule has 6 heteroatoms. The molecule has 0 spiro atoms. The van der Waals surface area contributed by atoms with Gasteiger partial charge in [0, 0.05) is 10.6 Å². The largest absolute Gasteiger partial charge is 0.409 e. The normalized spacial score (nSPS) is 11.8. The molecule has 0 amide bonds. The molecule has 1 aromatic heterocycles. The Balaban J connectivity index is 2.69. The highest BCUT2D eigenvalue weighted by atomic mass is 32.2. The van der Waals surface area contributed by atoms with Crippen molar-refractivity contribution in [2.75, 3.05) is 5.75 Å². The lowest BCUT2D eigenvalue weighted by Gasteiger charge is -2.15. The lowest BCUT2D eigenvalue weighted by atomic mass is 10.1. The van der Waals surface area contributed by atoms with Gasteiger partial charge in [-0.2, -0.15) is 0 Å². The third-order valence-electron chi connectivity index (χ3n) is 3.18. The molecule has 1 heterocycles. The van der Waals surface area contributed by atoms with Gasteiger partial charge in [0.05, 0.1) is 23.3 Å². The maximum Gasteiger partial charge on any atom is 0.173 e. The molecule has 5 nitrogen and oxygen atoms in total. The maximum atomic E-state index is 9.06. The molecule has 0 aliphatic rings. The van der Waals surface area contributed by atoms with Gasteiger partial charge in [0.15, 0.2) is 5.84 Å². The van der Waals surface area contributed by atoms with E-state index in [4.69, 9.17) is 10.9 Å². The Bertz CT molecular complexity index is 649. The molecule has 0 radical (unpaired) electrons. The number of nitrogens with two attached hydrogens (primary N) is 1. The molecule has 0 saturated carbocycles. The van der Waals surface area contributed by atoms with E-state index in [1.165, 1.54) is 0 Å². The minimum atomic E-state index is 0.113. The molecule has 0 saturated heterocycles. The van der Waals surface area contributed by atoms with Crippen LogP contribution in [0.25, 0.3) is 5.69 Å².